The molecule has 0 aliphatic heterocycles. The van der Waals surface area contributed by atoms with Gasteiger partial charge in [-0.25, -0.2) is 4.99 Å². The van der Waals surface area contributed by atoms with Crippen LogP contribution < -0.4 is 20.7 Å². The number of amides is 1. The lowest BCUT2D eigenvalue weighted by atomic mass is 9.96. The van der Waals surface area contributed by atoms with E-state index in [1.165, 1.54) is 0 Å². The molecule has 1 rings (SSSR count). The summed E-state index contributed by atoms with van der Waals surface area (Å²) in [5.74, 6) is 1.64. The number of aliphatic imine (C=N–C) groups is 1. The van der Waals surface area contributed by atoms with Gasteiger partial charge in [-0.15, -0.1) is 24.0 Å². The first kappa shape index (κ1) is 26.5. The molecule has 160 valence electrons. The van der Waals surface area contributed by atoms with Crippen LogP contribution in [0.2, 0.25) is 0 Å². The highest BCUT2D eigenvalue weighted by Gasteiger charge is 2.20. The molecule has 0 saturated carbocycles. The van der Waals surface area contributed by atoms with E-state index in [2.05, 4.69) is 40.0 Å². The second kappa shape index (κ2) is 12.9. The molecular weight excluding hydrogens is 467 g/mol. The van der Waals surface area contributed by atoms with Gasteiger partial charge in [-0.3, -0.25) is 4.79 Å². The van der Waals surface area contributed by atoms with Gasteiger partial charge in [0.25, 0.3) is 0 Å². The van der Waals surface area contributed by atoms with Crippen molar-refractivity contribution in [2.75, 3.05) is 19.6 Å². The van der Waals surface area contributed by atoms with Crippen molar-refractivity contribution in [3.63, 3.8) is 0 Å². The topological polar surface area (TPSA) is 74.8 Å². The molecule has 0 saturated heterocycles. The van der Waals surface area contributed by atoms with Crippen LogP contribution in [0, 0.1) is 12.3 Å². The zero-order valence-corrected chi connectivity index (χ0v) is 20.6. The maximum atomic E-state index is 11.9. The van der Waals surface area contributed by atoms with Crippen molar-refractivity contribution in [2.24, 2.45) is 10.4 Å². The summed E-state index contributed by atoms with van der Waals surface area (Å²) >= 11 is 0. The fraction of sp³-hybridized carbons (Fsp3) is 0.619. The number of carbonyl (C=O) groups is 1. The zero-order valence-electron chi connectivity index (χ0n) is 18.3. The number of carbonyl (C=O) groups excluding carboxylic acids is 1. The van der Waals surface area contributed by atoms with Crippen molar-refractivity contribution in [1.82, 2.24) is 16.0 Å². The lowest BCUT2D eigenvalue weighted by molar-refractivity contribution is -0.128. The highest BCUT2D eigenvalue weighted by Crippen LogP contribution is 2.22. The third-order valence-electron chi connectivity index (χ3n) is 3.72. The van der Waals surface area contributed by atoms with Gasteiger partial charge >= 0.3 is 0 Å². The van der Waals surface area contributed by atoms with Crippen LogP contribution in [0.4, 0.5) is 0 Å². The molecule has 0 unspecified atom stereocenters. The van der Waals surface area contributed by atoms with Gasteiger partial charge in [0.2, 0.25) is 5.91 Å². The molecule has 0 aliphatic carbocycles. The van der Waals surface area contributed by atoms with Crippen molar-refractivity contribution in [3.05, 3.63) is 29.3 Å². The Morgan fingerprint density at radius 3 is 2.36 bits per heavy atom. The van der Waals surface area contributed by atoms with Crippen LogP contribution in [0.3, 0.4) is 0 Å². The number of benzene rings is 1. The molecule has 0 aliphatic rings. The molecule has 0 bridgehead atoms. The Balaban J connectivity index is 0.00000729. The van der Waals surface area contributed by atoms with Gasteiger partial charge in [0, 0.05) is 30.6 Å². The smallest absolute Gasteiger partial charge is 0.225 e. The third-order valence-corrected chi connectivity index (χ3v) is 3.72. The highest BCUT2D eigenvalue weighted by atomic mass is 127. The van der Waals surface area contributed by atoms with Crippen LogP contribution in [0.5, 0.6) is 5.75 Å². The first-order valence-electron chi connectivity index (χ1n) is 9.70. The molecular formula is C21H37IN4O2. The number of halogens is 1. The fourth-order valence-electron chi connectivity index (χ4n) is 2.28. The average molecular weight is 504 g/mol. The molecule has 0 fully saturated rings. The van der Waals surface area contributed by atoms with E-state index in [9.17, 15) is 4.79 Å². The molecule has 7 heteroatoms. The molecule has 1 aromatic rings. The number of aryl methyl sites for hydroxylation is 1. The van der Waals surface area contributed by atoms with Gasteiger partial charge in [0.1, 0.15) is 5.75 Å². The quantitative estimate of drug-likeness (QED) is 0.219. The zero-order chi connectivity index (χ0) is 20.4. The minimum Gasteiger partial charge on any atom is -0.491 e. The summed E-state index contributed by atoms with van der Waals surface area (Å²) in [4.78, 5) is 16.5. The molecule has 0 atom stereocenters. The molecule has 0 spiro atoms. The van der Waals surface area contributed by atoms with E-state index in [-0.39, 0.29) is 41.4 Å². The molecule has 1 aromatic carbocycles. The number of guanidine groups is 1. The Morgan fingerprint density at radius 2 is 1.79 bits per heavy atom. The standard InChI is InChI=1S/C21H36N4O2.HI/c1-8-22-20(24-12-11-23-19(26)21(5,6)7)25-14-17-10-9-16(4)13-18(17)27-15(2)3;/h9-10,13,15H,8,11-12,14H2,1-7H3,(H,23,26)(H2,22,24,25);1H. The number of hydrogen-bond acceptors (Lipinski definition) is 3. The van der Waals surface area contributed by atoms with Crippen molar-refractivity contribution in [3.8, 4) is 5.75 Å². The minimum absolute atomic E-state index is 0. The second-order valence-corrected chi connectivity index (χ2v) is 7.91. The Labute approximate surface area is 187 Å². The van der Waals surface area contributed by atoms with Crippen LogP contribution in [0.15, 0.2) is 23.2 Å². The van der Waals surface area contributed by atoms with Gasteiger partial charge in [-0.2, -0.15) is 0 Å². The SMILES string of the molecule is CCNC(=NCc1ccc(C)cc1OC(C)C)NCCNC(=O)C(C)(C)C.I. The Bertz CT molecular complexity index is 640. The van der Waals surface area contributed by atoms with Crippen LogP contribution in [0.25, 0.3) is 0 Å². The number of ether oxygens (including phenoxy) is 1. The lowest BCUT2D eigenvalue weighted by Crippen LogP contribution is -2.43. The number of hydrogen-bond donors (Lipinski definition) is 3. The number of nitrogens with zero attached hydrogens (tertiary/aromatic N) is 1. The summed E-state index contributed by atoms with van der Waals surface area (Å²) in [5.41, 5.74) is 1.84. The minimum atomic E-state index is -0.378. The molecule has 0 heterocycles. The molecule has 3 N–H and O–H groups in total. The van der Waals surface area contributed by atoms with Crippen LogP contribution in [-0.4, -0.2) is 37.6 Å². The molecule has 28 heavy (non-hydrogen) atoms. The summed E-state index contributed by atoms with van der Waals surface area (Å²) in [6.07, 6.45) is 0.118. The Morgan fingerprint density at radius 1 is 1.14 bits per heavy atom. The van der Waals surface area contributed by atoms with Gasteiger partial charge in [0.05, 0.1) is 12.6 Å². The van der Waals surface area contributed by atoms with E-state index in [1.54, 1.807) is 0 Å². The number of nitrogens with one attached hydrogen (secondary N) is 3. The summed E-state index contributed by atoms with van der Waals surface area (Å²) < 4.78 is 5.92. The van der Waals surface area contributed by atoms with Crippen LogP contribution in [0.1, 0.15) is 52.7 Å². The van der Waals surface area contributed by atoms with E-state index >= 15 is 0 Å². The van der Waals surface area contributed by atoms with E-state index in [4.69, 9.17) is 4.74 Å². The predicted molar refractivity (Wildman–Crippen MR) is 128 cm³/mol. The highest BCUT2D eigenvalue weighted by molar-refractivity contribution is 14.0. The maximum absolute atomic E-state index is 11.9. The summed E-state index contributed by atoms with van der Waals surface area (Å²) in [6.45, 7) is 16.3. The molecule has 0 radical (unpaired) electrons. The molecule has 1 amide bonds. The van der Waals surface area contributed by atoms with Gasteiger partial charge in [-0.05, 0) is 39.3 Å². The predicted octanol–water partition coefficient (Wildman–Crippen LogP) is 3.62. The maximum Gasteiger partial charge on any atom is 0.225 e. The van der Waals surface area contributed by atoms with Crippen molar-refractivity contribution in [1.29, 1.82) is 0 Å². The lowest BCUT2D eigenvalue weighted by Gasteiger charge is -2.18. The summed E-state index contributed by atoms with van der Waals surface area (Å²) in [5, 5.41) is 9.41. The van der Waals surface area contributed by atoms with Gasteiger partial charge < -0.3 is 20.7 Å². The summed E-state index contributed by atoms with van der Waals surface area (Å²) in [6, 6.07) is 6.18. The normalized spacial score (nSPS) is 11.6. The van der Waals surface area contributed by atoms with Crippen LogP contribution >= 0.6 is 24.0 Å². The summed E-state index contributed by atoms with van der Waals surface area (Å²) in [7, 11) is 0. The van der Waals surface area contributed by atoms with Gasteiger partial charge in [0.15, 0.2) is 5.96 Å². The molecule has 0 aromatic heterocycles. The first-order valence-corrected chi connectivity index (χ1v) is 9.70. The monoisotopic (exact) mass is 504 g/mol. The van der Waals surface area contributed by atoms with Gasteiger partial charge in [-0.1, -0.05) is 32.9 Å². The van der Waals surface area contributed by atoms with Crippen LogP contribution in [-0.2, 0) is 11.3 Å². The molecule has 6 nitrogen and oxygen atoms in total. The Kier molecular flexibility index (Phi) is 12.2. The largest absolute Gasteiger partial charge is 0.491 e. The van der Waals surface area contributed by atoms with Crippen molar-refractivity contribution < 1.29 is 9.53 Å². The van der Waals surface area contributed by atoms with E-state index in [0.717, 1.165) is 29.4 Å². The average Bonchev–Trinajstić information content (AvgIpc) is 2.56. The van der Waals surface area contributed by atoms with E-state index < -0.39 is 0 Å². The van der Waals surface area contributed by atoms with Crippen molar-refractivity contribution in [2.45, 2.75) is 61.1 Å². The second-order valence-electron chi connectivity index (χ2n) is 7.91. The fourth-order valence-corrected chi connectivity index (χ4v) is 2.28. The number of rotatable bonds is 8. The van der Waals surface area contributed by atoms with Crippen molar-refractivity contribution >= 4 is 35.8 Å². The van der Waals surface area contributed by atoms with E-state index in [0.29, 0.717) is 19.6 Å². The van der Waals surface area contributed by atoms with E-state index in [1.807, 2.05) is 47.6 Å². The third kappa shape index (κ3) is 10.1. The Hall–Kier alpha value is -1.51. The first-order chi connectivity index (χ1) is 12.6.